The van der Waals surface area contributed by atoms with Crippen LogP contribution < -0.4 is 0 Å². The normalized spacial score (nSPS) is 22.2. The molecule has 0 bridgehead atoms. The van der Waals surface area contributed by atoms with Gasteiger partial charge in [-0.15, -0.1) is 0 Å². The molecule has 1 saturated carbocycles. The number of aryl methyl sites for hydroxylation is 1. The highest BCUT2D eigenvalue weighted by Crippen LogP contribution is 2.28. The minimum absolute atomic E-state index is 0.687. The highest BCUT2D eigenvalue weighted by Gasteiger charge is 2.23. The Hall–Kier alpha value is -1.61. The van der Waals surface area contributed by atoms with Crippen molar-refractivity contribution in [3.63, 3.8) is 0 Å². The second kappa shape index (κ2) is 6.66. The maximum atomic E-state index is 5.87. The van der Waals surface area contributed by atoms with Crippen LogP contribution in [-0.4, -0.2) is 23.0 Å². The van der Waals surface area contributed by atoms with Crippen molar-refractivity contribution < 1.29 is 4.42 Å². The Labute approximate surface area is 133 Å². The summed E-state index contributed by atoms with van der Waals surface area (Å²) in [6, 6.07) is 10.8. The first-order chi connectivity index (χ1) is 10.6. The van der Waals surface area contributed by atoms with E-state index in [1.165, 1.54) is 25.7 Å². The molecule has 22 heavy (non-hydrogen) atoms. The van der Waals surface area contributed by atoms with E-state index in [2.05, 4.69) is 18.9 Å². The van der Waals surface area contributed by atoms with Crippen LogP contribution in [0.2, 0.25) is 0 Å². The molecule has 0 saturated heterocycles. The summed E-state index contributed by atoms with van der Waals surface area (Å²) in [5.41, 5.74) is 2.12. The molecule has 0 N–H and O–H groups in total. The van der Waals surface area contributed by atoms with Crippen LogP contribution in [-0.2, 0) is 6.54 Å². The molecule has 3 heteroatoms. The van der Waals surface area contributed by atoms with Crippen molar-refractivity contribution in [2.75, 3.05) is 7.05 Å². The van der Waals surface area contributed by atoms with E-state index in [4.69, 9.17) is 9.40 Å². The highest BCUT2D eigenvalue weighted by atomic mass is 16.4. The second-order valence-electron chi connectivity index (χ2n) is 6.72. The molecule has 1 aliphatic rings. The van der Waals surface area contributed by atoms with Crippen LogP contribution in [0.4, 0.5) is 0 Å². The van der Waals surface area contributed by atoms with Gasteiger partial charge in [-0.3, -0.25) is 4.90 Å². The Balaban J connectivity index is 1.69. The van der Waals surface area contributed by atoms with Gasteiger partial charge in [-0.2, -0.15) is 0 Å². The average molecular weight is 298 g/mol. The largest absolute Gasteiger partial charge is 0.441 e. The second-order valence-corrected chi connectivity index (χ2v) is 6.72. The van der Waals surface area contributed by atoms with Gasteiger partial charge in [0.1, 0.15) is 5.76 Å². The third-order valence-electron chi connectivity index (χ3n) is 4.92. The molecule has 0 radical (unpaired) electrons. The molecule has 1 aromatic carbocycles. The van der Waals surface area contributed by atoms with E-state index in [0.717, 1.165) is 35.4 Å². The van der Waals surface area contributed by atoms with Gasteiger partial charge in [0.2, 0.25) is 5.89 Å². The fourth-order valence-electron chi connectivity index (χ4n) is 3.33. The van der Waals surface area contributed by atoms with E-state index in [1.807, 2.05) is 37.3 Å². The monoisotopic (exact) mass is 298 g/mol. The van der Waals surface area contributed by atoms with Crippen LogP contribution in [0.3, 0.4) is 0 Å². The minimum Gasteiger partial charge on any atom is -0.441 e. The summed E-state index contributed by atoms with van der Waals surface area (Å²) in [6.07, 6.45) is 5.31. The number of nitrogens with zero attached hydrogens (tertiary/aromatic N) is 2. The summed E-state index contributed by atoms with van der Waals surface area (Å²) in [6.45, 7) is 5.26. The first kappa shape index (κ1) is 15.3. The van der Waals surface area contributed by atoms with Gasteiger partial charge >= 0.3 is 0 Å². The molecule has 3 nitrogen and oxygen atoms in total. The van der Waals surface area contributed by atoms with E-state index in [0.29, 0.717) is 6.04 Å². The van der Waals surface area contributed by atoms with Crippen molar-refractivity contribution >= 4 is 0 Å². The van der Waals surface area contributed by atoms with Crippen molar-refractivity contribution in [2.45, 2.75) is 52.1 Å². The van der Waals surface area contributed by atoms with Crippen molar-refractivity contribution in [3.05, 3.63) is 41.8 Å². The van der Waals surface area contributed by atoms with Gasteiger partial charge in [0.15, 0.2) is 0 Å². The molecule has 0 amide bonds. The molecule has 1 heterocycles. The lowest BCUT2D eigenvalue weighted by atomic mass is 9.87. The lowest BCUT2D eigenvalue weighted by Crippen LogP contribution is -2.34. The molecule has 1 aliphatic carbocycles. The topological polar surface area (TPSA) is 29.3 Å². The Morgan fingerprint density at radius 2 is 1.82 bits per heavy atom. The first-order valence-electron chi connectivity index (χ1n) is 8.35. The summed E-state index contributed by atoms with van der Waals surface area (Å²) >= 11 is 0. The van der Waals surface area contributed by atoms with Crippen molar-refractivity contribution in [3.8, 4) is 11.5 Å². The predicted octanol–water partition coefficient (Wildman–Crippen LogP) is 4.66. The molecule has 0 unspecified atom stereocenters. The average Bonchev–Trinajstić information content (AvgIpc) is 2.90. The molecule has 0 spiro atoms. The Kier molecular flexibility index (Phi) is 4.63. The molecule has 3 rings (SSSR count). The molecular formula is C19H26N2O. The molecule has 0 aliphatic heterocycles. The Bertz CT molecular complexity index is 597. The fraction of sp³-hybridized carbons (Fsp3) is 0.526. The van der Waals surface area contributed by atoms with Gasteiger partial charge in [-0.1, -0.05) is 25.1 Å². The maximum absolute atomic E-state index is 5.87. The van der Waals surface area contributed by atoms with Crippen LogP contribution >= 0.6 is 0 Å². The summed E-state index contributed by atoms with van der Waals surface area (Å²) in [4.78, 5) is 7.17. The molecule has 1 fully saturated rings. The number of aromatic nitrogens is 1. The SMILES string of the molecule is Cc1oc(-c2ccccc2)nc1CN(C)C1CCC(C)CC1. The Morgan fingerprint density at radius 1 is 1.14 bits per heavy atom. The third kappa shape index (κ3) is 3.41. The predicted molar refractivity (Wildman–Crippen MR) is 89.6 cm³/mol. The van der Waals surface area contributed by atoms with Crippen LogP contribution in [0.5, 0.6) is 0 Å². The molecule has 2 aromatic rings. The molecule has 1 aromatic heterocycles. The molecule has 118 valence electrons. The van der Waals surface area contributed by atoms with E-state index < -0.39 is 0 Å². The van der Waals surface area contributed by atoms with Gasteiger partial charge in [0.25, 0.3) is 0 Å². The van der Waals surface area contributed by atoms with Crippen LogP contribution in [0.25, 0.3) is 11.5 Å². The summed E-state index contributed by atoms with van der Waals surface area (Å²) in [5, 5.41) is 0. The fourth-order valence-corrected chi connectivity index (χ4v) is 3.33. The third-order valence-corrected chi connectivity index (χ3v) is 4.92. The van der Waals surface area contributed by atoms with E-state index in [9.17, 15) is 0 Å². The highest BCUT2D eigenvalue weighted by molar-refractivity contribution is 5.53. The lowest BCUT2D eigenvalue weighted by Gasteiger charge is -2.33. The van der Waals surface area contributed by atoms with Gasteiger partial charge in [0, 0.05) is 18.2 Å². The van der Waals surface area contributed by atoms with Crippen molar-refractivity contribution in [2.24, 2.45) is 5.92 Å². The summed E-state index contributed by atoms with van der Waals surface area (Å²) in [5.74, 6) is 2.57. The Morgan fingerprint density at radius 3 is 2.50 bits per heavy atom. The first-order valence-corrected chi connectivity index (χ1v) is 8.35. The zero-order chi connectivity index (χ0) is 15.5. The molecular weight excluding hydrogens is 272 g/mol. The van der Waals surface area contributed by atoms with Gasteiger partial charge < -0.3 is 4.42 Å². The van der Waals surface area contributed by atoms with E-state index in [-0.39, 0.29) is 0 Å². The molecule has 0 atom stereocenters. The summed E-state index contributed by atoms with van der Waals surface area (Å²) < 4.78 is 5.87. The summed E-state index contributed by atoms with van der Waals surface area (Å²) in [7, 11) is 2.22. The minimum atomic E-state index is 0.687. The smallest absolute Gasteiger partial charge is 0.226 e. The van der Waals surface area contributed by atoms with Crippen molar-refractivity contribution in [1.29, 1.82) is 0 Å². The van der Waals surface area contributed by atoms with Gasteiger partial charge in [0.05, 0.1) is 5.69 Å². The number of hydrogen-bond acceptors (Lipinski definition) is 3. The zero-order valence-corrected chi connectivity index (χ0v) is 13.9. The van der Waals surface area contributed by atoms with E-state index >= 15 is 0 Å². The van der Waals surface area contributed by atoms with Crippen LogP contribution in [0, 0.1) is 12.8 Å². The van der Waals surface area contributed by atoms with Gasteiger partial charge in [-0.25, -0.2) is 4.98 Å². The van der Waals surface area contributed by atoms with Crippen molar-refractivity contribution in [1.82, 2.24) is 9.88 Å². The number of oxazole rings is 1. The number of benzene rings is 1. The number of rotatable bonds is 4. The maximum Gasteiger partial charge on any atom is 0.226 e. The van der Waals surface area contributed by atoms with Crippen LogP contribution in [0.1, 0.15) is 44.1 Å². The lowest BCUT2D eigenvalue weighted by molar-refractivity contribution is 0.162. The zero-order valence-electron chi connectivity index (χ0n) is 13.9. The number of hydrogen-bond donors (Lipinski definition) is 0. The van der Waals surface area contributed by atoms with Gasteiger partial charge in [-0.05, 0) is 57.7 Å². The van der Waals surface area contributed by atoms with Crippen LogP contribution in [0.15, 0.2) is 34.7 Å². The standard InChI is InChI=1S/C19H26N2O/c1-14-9-11-17(12-10-14)21(3)13-18-15(2)22-19(20-18)16-7-5-4-6-8-16/h4-8,14,17H,9-13H2,1-3H3. The quantitative estimate of drug-likeness (QED) is 0.822. The van der Waals surface area contributed by atoms with E-state index in [1.54, 1.807) is 0 Å².